The van der Waals surface area contributed by atoms with Gasteiger partial charge in [-0.1, -0.05) is 0 Å². The Morgan fingerprint density at radius 3 is 3.06 bits per heavy atom. The predicted octanol–water partition coefficient (Wildman–Crippen LogP) is 1.72. The van der Waals surface area contributed by atoms with E-state index in [-0.39, 0.29) is 6.10 Å². The Labute approximate surface area is 95.3 Å². The van der Waals surface area contributed by atoms with Crippen LogP contribution < -0.4 is 10.5 Å². The summed E-state index contributed by atoms with van der Waals surface area (Å²) in [5, 5.41) is 0. The van der Waals surface area contributed by atoms with Gasteiger partial charge in [-0.15, -0.1) is 0 Å². The molecule has 1 saturated heterocycles. The van der Waals surface area contributed by atoms with Crippen LogP contribution in [0.15, 0.2) is 18.2 Å². The van der Waals surface area contributed by atoms with Gasteiger partial charge in [0.15, 0.2) is 0 Å². The molecule has 1 aliphatic heterocycles. The molecule has 2 rings (SSSR count). The molecule has 4 nitrogen and oxygen atoms in total. The average Bonchev–Trinajstić information content (AvgIpc) is 2.29. The Morgan fingerprint density at radius 1 is 1.50 bits per heavy atom. The van der Waals surface area contributed by atoms with Crippen molar-refractivity contribution >= 4 is 5.69 Å². The van der Waals surface area contributed by atoms with Gasteiger partial charge >= 0.3 is 0 Å². The number of nitrogens with two attached hydrogens (primary N) is 1. The Bertz CT molecular complexity index is 348. The van der Waals surface area contributed by atoms with Crippen molar-refractivity contribution in [2.45, 2.75) is 19.4 Å². The number of aryl methyl sites for hydroxylation is 1. The van der Waals surface area contributed by atoms with Crippen LogP contribution in [0.25, 0.3) is 0 Å². The van der Waals surface area contributed by atoms with E-state index in [1.807, 2.05) is 25.1 Å². The maximum Gasteiger partial charge on any atom is 0.147 e. The Balaban J connectivity index is 1.88. The first-order valence-corrected chi connectivity index (χ1v) is 5.44. The van der Waals surface area contributed by atoms with Gasteiger partial charge in [0.2, 0.25) is 0 Å². The number of benzene rings is 1. The van der Waals surface area contributed by atoms with E-state index in [0.29, 0.717) is 13.4 Å². The van der Waals surface area contributed by atoms with Crippen molar-refractivity contribution in [2.24, 2.45) is 0 Å². The zero-order valence-corrected chi connectivity index (χ0v) is 9.44. The molecule has 2 N–H and O–H groups in total. The lowest BCUT2D eigenvalue weighted by Gasteiger charge is -2.23. The fraction of sp³-hybridized carbons (Fsp3) is 0.500. The maximum atomic E-state index is 5.70. The van der Waals surface area contributed by atoms with Crippen molar-refractivity contribution in [1.29, 1.82) is 0 Å². The standard InChI is InChI=1S/C12H17NO3/c1-9-6-10(13)2-3-12(9)15-7-11-4-5-14-8-16-11/h2-3,6,11H,4-5,7-8,13H2,1H3. The third-order valence-electron chi connectivity index (χ3n) is 2.59. The minimum Gasteiger partial charge on any atom is -0.491 e. The van der Waals surface area contributed by atoms with Gasteiger partial charge in [0, 0.05) is 12.1 Å². The summed E-state index contributed by atoms with van der Waals surface area (Å²) < 4.78 is 16.2. The van der Waals surface area contributed by atoms with E-state index in [4.69, 9.17) is 19.9 Å². The highest BCUT2D eigenvalue weighted by Gasteiger charge is 2.15. The minimum atomic E-state index is 0.130. The van der Waals surface area contributed by atoms with Crippen LogP contribution in [0.5, 0.6) is 5.75 Å². The number of hydrogen-bond donors (Lipinski definition) is 1. The first-order chi connectivity index (χ1) is 7.75. The fourth-order valence-electron chi connectivity index (χ4n) is 1.65. The molecule has 1 atom stereocenters. The molecule has 0 amide bonds. The van der Waals surface area contributed by atoms with E-state index in [0.717, 1.165) is 30.0 Å². The summed E-state index contributed by atoms with van der Waals surface area (Å²) in [7, 11) is 0. The van der Waals surface area contributed by atoms with Gasteiger partial charge in [-0.25, -0.2) is 0 Å². The van der Waals surface area contributed by atoms with E-state index in [1.165, 1.54) is 0 Å². The van der Waals surface area contributed by atoms with Gasteiger partial charge in [0.05, 0.1) is 12.7 Å². The second kappa shape index (κ2) is 5.18. The van der Waals surface area contributed by atoms with Gasteiger partial charge in [0.25, 0.3) is 0 Å². The lowest BCUT2D eigenvalue weighted by molar-refractivity contribution is -0.147. The van der Waals surface area contributed by atoms with Crippen molar-refractivity contribution in [3.63, 3.8) is 0 Å². The quantitative estimate of drug-likeness (QED) is 0.793. The molecule has 1 aromatic rings. The summed E-state index contributed by atoms with van der Waals surface area (Å²) in [6, 6.07) is 5.64. The minimum absolute atomic E-state index is 0.130. The molecule has 1 fully saturated rings. The van der Waals surface area contributed by atoms with Crippen LogP contribution in [0.2, 0.25) is 0 Å². The summed E-state index contributed by atoms with van der Waals surface area (Å²) in [4.78, 5) is 0. The molecule has 1 aromatic carbocycles. The Morgan fingerprint density at radius 2 is 2.38 bits per heavy atom. The summed E-state index contributed by atoms with van der Waals surface area (Å²) in [6.07, 6.45) is 1.01. The van der Waals surface area contributed by atoms with Crippen molar-refractivity contribution in [3.05, 3.63) is 23.8 Å². The molecular weight excluding hydrogens is 206 g/mol. The number of rotatable bonds is 3. The van der Waals surface area contributed by atoms with E-state index in [1.54, 1.807) is 0 Å². The van der Waals surface area contributed by atoms with Crippen LogP contribution in [0, 0.1) is 6.92 Å². The van der Waals surface area contributed by atoms with Gasteiger partial charge in [0.1, 0.15) is 19.1 Å². The van der Waals surface area contributed by atoms with Gasteiger partial charge < -0.3 is 19.9 Å². The van der Waals surface area contributed by atoms with Crippen molar-refractivity contribution < 1.29 is 14.2 Å². The lowest BCUT2D eigenvalue weighted by atomic mass is 10.2. The molecule has 0 spiro atoms. The summed E-state index contributed by atoms with van der Waals surface area (Å²) in [5.41, 5.74) is 7.47. The second-order valence-electron chi connectivity index (χ2n) is 3.94. The summed E-state index contributed by atoms with van der Waals surface area (Å²) in [5.74, 6) is 0.865. The molecule has 0 aromatic heterocycles. The maximum absolute atomic E-state index is 5.70. The SMILES string of the molecule is Cc1cc(N)ccc1OCC1CCOCO1. The molecule has 88 valence electrons. The van der Waals surface area contributed by atoms with Gasteiger partial charge in [-0.3, -0.25) is 0 Å². The monoisotopic (exact) mass is 223 g/mol. The van der Waals surface area contributed by atoms with E-state index < -0.39 is 0 Å². The number of nitrogen functional groups attached to an aromatic ring is 1. The van der Waals surface area contributed by atoms with E-state index >= 15 is 0 Å². The summed E-state index contributed by atoms with van der Waals surface area (Å²) >= 11 is 0. The van der Waals surface area contributed by atoms with Crippen LogP contribution in [-0.4, -0.2) is 26.1 Å². The predicted molar refractivity (Wildman–Crippen MR) is 61.4 cm³/mol. The average molecular weight is 223 g/mol. The van der Waals surface area contributed by atoms with Crippen molar-refractivity contribution in [1.82, 2.24) is 0 Å². The molecule has 0 aliphatic carbocycles. The second-order valence-corrected chi connectivity index (χ2v) is 3.94. The molecule has 1 unspecified atom stereocenters. The highest BCUT2D eigenvalue weighted by molar-refractivity contribution is 5.47. The number of hydrogen-bond acceptors (Lipinski definition) is 4. The van der Waals surface area contributed by atoms with Crippen LogP contribution in [0.1, 0.15) is 12.0 Å². The van der Waals surface area contributed by atoms with Crippen LogP contribution in [0.3, 0.4) is 0 Å². The molecule has 0 bridgehead atoms. The Hall–Kier alpha value is -1.26. The van der Waals surface area contributed by atoms with Crippen LogP contribution >= 0.6 is 0 Å². The molecule has 0 radical (unpaired) electrons. The highest BCUT2D eigenvalue weighted by Crippen LogP contribution is 2.21. The fourth-order valence-corrected chi connectivity index (χ4v) is 1.65. The van der Waals surface area contributed by atoms with E-state index in [2.05, 4.69) is 0 Å². The molecule has 0 saturated carbocycles. The number of ether oxygens (including phenoxy) is 3. The number of anilines is 1. The van der Waals surface area contributed by atoms with Crippen LogP contribution in [0.4, 0.5) is 5.69 Å². The molecule has 4 heteroatoms. The zero-order valence-electron chi connectivity index (χ0n) is 9.44. The zero-order chi connectivity index (χ0) is 11.4. The topological polar surface area (TPSA) is 53.7 Å². The largest absolute Gasteiger partial charge is 0.491 e. The first-order valence-electron chi connectivity index (χ1n) is 5.44. The molecule has 1 heterocycles. The molecule has 16 heavy (non-hydrogen) atoms. The van der Waals surface area contributed by atoms with Crippen LogP contribution in [-0.2, 0) is 9.47 Å². The Kier molecular flexibility index (Phi) is 3.64. The smallest absolute Gasteiger partial charge is 0.147 e. The van der Waals surface area contributed by atoms with Crippen molar-refractivity contribution in [3.8, 4) is 5.75 Å². The van der Waals surface area contributed by atoms with Gasteiger partial charge in [-0.2, -0.15) is 0 Å². The molecule has 1 aliphatic rings. The normalized spacial score (nSPS) is 20.7. The van der Waals surface area contributed by atoms with Gasteiger partial charge in [-0.05, 0) is 30.7 Å². The van der Waals surface area contributed by atoms with E-state index in [9.17, 15) is 0 Å². The molecular formula is C12H17NO3. The first kappa shape index (κ1) is 11.2. The third-order valence-corrected chi connectivity index (χ3v) is 2.59. The highest BCUT2D eigenvalue weighted by atomic mass is 16.7. The summed E-state index contributed by atoms with van der Waals surface area (Å²) in [6.45, 7) is 3.66. The van der Waals surface area contributed by atoms with Crippen molar-refractivity contribution in [2.75, 3.05) is 25.7 Å². The lowest BCUT2D eigenvalue weighted by Crippen LogP contribution is -2.29. The third kappa shape index (κ3) is 2.87.